The number of rotatable bonds is 7. The van der Waals surface area contributed by atoms with Gasteiger partial charge in [0, 0.05) is 17.1 Å². The number of nitrogens with one attached hydrogen (secondary N) is 2. The number of sulfonamides is 1. The predicted molar refractivity (Wildman–Crippen MR) is 113 cm³/mol. The molecule has 0 fully saturated rings. The molecule has 1 amide bonds. The molecule has 0 aliphatic carbocycles. The van der Waals surface area contributed by atoms with E-state index in [0.29, 0.717) is 0 Å². The zero-order chi connectivity index (χ0) is 24.9. The number of hydrogen-bond acceptors (Lipinski definition) is 10. The van der Waals surface area contributed by atoms with Gasteiger partial charge in [0.1, 0.15) is 5.92 Å². The molecule has 1 aliphatic rings. The van der Waals surface area contributed by atoms with Gasteiger partial charge in [-0.1, -0.05) is 6.07 Å². The van der Waals surface area contributed by atoms with Crippen molar-refractivity contribution in [1.82, 2.24) is 5.32 Å². The maximum atomic E-state index is 12.9. The molecule has 1 aromatic rings. The van der Waals surface area contributed by atoms with E-state index >= 15 is 0 Å². The molecular weight excluding hydrogens is 458 g/mol. The number of allylic oxidation sites excluding steroid dienone is 2. The lowest BCUT2D eigenvalue weighted by atomic mass is 9.85. The fraction of sp³-hybridized carbons (Fsp3) is 0.300. The number of dihydropyridines is 1. The van der Waals surface area contributed by atoms with Crippen LogP contribution in [-0.4, -0.2) is 53.1 Å². The van der Waals surface area contributed by atoms with Gasteiger partial charge in [-0.05, 0) is 32.0 Å². The topological polar surface area (TPSA) is 180 Å². The second-order valence-corrected chi connectivity index (χ2v) is 8.41. The Bertz CT molecular complexity index is 1130. The minimum absolute atomic E-state index is 0.0985. The van der Waals surface area contributed by atoms with Crippen molar-refractivity contribution in [3.8, 4) is 0 Å². The van der Waals surface area contributed by atoms with Crippen molar-refractivity contribution >= 4 is 39.5 Å². The highest BCUT2D eigenvalue weighted by Crippen LogP contribution is 2.32. The van der Waals surface area contributed by atoms with Gasteiger partial charge in [0.05, 0.1) is 30.3 Å². The molecule has 178 valence electrons. The van der Waals surface area contributed by atoms with Crippen molar-refractivity contribution in [2.45, 2.75) is 18.7 Å². The molecule has 0 spiro atoms. The molecule has 12 nitrogen and oxygen atoms in total. The van der Waals surface area contributed by atoms with Crippen LogP contribution in [0.2, 0.25) is 0 Å². The van der Waals surface area contributed by atoms with Gasteiger partial charge in [-0.2, -0.15) is 0 Å². The Labute approximate surface area is 189 Å². The molecule has 0 unspecified atom stereocenters. The molecule has 33 heavy (non-hydrogen) atoms. The van der Waals surface area contributed by atoms with E-state index in [2.05, 4.69) is 10.6 Å². The van der Waals surface area contributed by atoms with E-state index in [1.165, 1.54) is 32.0 Å². The van der Waals surface area contributed by atoms with E-state index in [9.17, 15) is 27.6 Å². The molecular formula is C20H23N3O9S. The van der Waals surface area contributed by atoms with Gasteiger partial charge in [-0.3, -0.25) is 9.59 Å². The Morgan fingerprint density at radius 1 is 1.03 bits per heavy atom. The number of benzene rings is 1. The van der Waals surface area contributed by atoms with Crippen LogP contribution in [0.4, 0.5) is 5.69 Å². The van der Waals surface area contributed by atoms with E-state index in [1.807, 2.05) is 0 Å². The quantitative estimate of drug-likeness (QED) is 0.352. The molecule has 2 rings (SSSR count). The molecule has 0 bridgehead atoms. The van der Waals surface area contributed by atoms with Crippen LogP contribution in [-0.2, 0) is 43.4 Å². The number of ether oxygens (including phenoxy) is 3. The average Bonchev–Trinajstić information content (AvgIpc) is 2.75. The smallest absolute Gasteiger partial charge is 0.336 e. The third-order valence-corrected chi connectivity index (χ3v) is 5.51. The van der Waals surface area contributed by atoms with Crippen molar-refractivity contribution < 1.29 is 41.8 Å². The SMILES string of the molecule is COC(=O)C1=C(C)NC(C)=C(C(=O)OC)C1C(=O)OCC(=O)Nc1cccc(S(N)(=O)=O)c1. The molecule has 0 atom stereocenters. The van der Waals surface area contributed by atoms with Crippen molar-refractivity contribution in [3.63, 3.8) is 0 Å². The Kier molecular flexibility index (Phi) is 7.95. The van der Waals surface area contributed by atoms with Gasteiger partial charge in [-0.15, -0.1) is 0 Å². The van der Waals surface area contributed by atoms with Crippen molar-refractivity contribution in [3.05, 3.63) is 46.8 Å². The number of carbonyl (C=O) groups excluding carboxylic acids is 4. The number of methoxy groups -OCH3 is 2. The summed E-state index contributed by atoms with van der Waals surface area (Å²) in [5, 5.41) is 10.2. The summed E-state index contributed by atoms with van der Waals surface area (Å²) in [6, 6.07) is 5.14. The summed E-state index contributed by atoms with van der Waals surface area (Å²) >= 11 is 0. The van der Waals surface area contributed by atoms with Crippen LogP contribution in [0.3, 0.4) is 0 Å². The highest BCUT2D eigenvalue weighted by atomic mass is 32.2. The fourth-order valence-corrected chi connectivity index (χ4v) is 3.72. The lowest BCUT2D eigenvalue weighted by molar-refractivity contribution is -0.152. The van der Waals surface area contributed by atoms with Crippen molar-refractivity contribution in [2.24, 2.45) is 11.1 Å². The molecule has 0 saturated carbocycles. The van der Waals surface area contributed by atoms with E-state index in [4.69, 9.17) is 19.3 Å². The second-order valence-electron chi connectivity index (χ2n) is 6.85. The zero-order valence-electron chi connectivity index (χ0n) is 18.3. The first-order valence-electron chi connectivity index (χ1n) is 9.35. The maximum Gasteiger partial charge on any atom is 0.336 e. The number of hydrogen-bond donors (Lipinski definition) is 3. The first kappa shape index (κ1) is 25.5. The van der Waals surface area contributed by atoms with Gasteiger partial charge >= 0.3 is 17.9 Å². The minimum Gasteiger partial charge on any atom is -0.466 e. The highest BCUT2D eigenvalue weighted by molar-refractivity contribution is 7.89. The van der Waals surface area contributed by atoms with Crippen LogP contribution in [0.15, 0.2) is 51.7 Å². The van der Waals surface area contributed by atoms with Crippen LogP contribution >= 0.6 is 0 Å². The van der Waals surface area contributed by atoms with Gasteiger partial charge in [-0.25, -0.2) is 23.1 Å². The number of nitrogens with two attached hydrogens (primary N) is 1. The predicted octanol–water partition coefficient (Wildman–Crippen LogP) is -0.0709. The zero-order valence-corrected chi connectivity index (χ0v) is 19.1. The summed E-state index contributed by atoms with van der Waals surface area (Å²) < 4.78 is 37.4. The molecule has 13 heteroatoms. The maximum absolute atomic E-state index is 12.9. The molecule has 0 saturated heterocycles. The molecule has 1 aromatic carbocycles. The van der Waals surface area contributed by atoms with Gasteiger partial charge in [0.25, 0.3) is 5.91 Å². The molecule has 0 aromatic heterocycles. The normalized spacial score (nSPS) is 14.3. The Balaban J connectivity index is 2.23. The lowest BCUT2D eigenvalue weighted by Gasteiger charge is -2.28. The third kappa shape index (κ3) is 5.96. The summed E-state index contributed by atoms with van der Waals surface area (Å²) in [5.41, 5.74) is 0.280. The molecule has 4 N–H and O–H groups in total. The van der Waals surface area contributed by atoms with E-state index < -0.39 is 46.4 Å². The summed E-state index contributed by atoms with van der Waals surface area (Å²) in [6.07, 6.45) is 0. The average molecular weight is 481 g/mol. The van der Waals surface area contributed by atoms with E-state index in [-0.39, 0.29) is 33.1 Å². The first-order valence-corrected chi connectivity index (χ1v) is 10.9. The first-order chi connectivity index (χ1) is 15.4. The lowest BCUT2D eigenvalue weighted by Crippen LogP contribution is -2.38. The summed E-state index contributed by atoms with van der Waals surface area (Å²) in [5.74, 6) is -5.11. The van der Waals surface area contributed by atoms with Gasteiger partial charge in [0.15, 0.2) is 6.61 Å². The van der Waals surface area contributed by atoms with Crippen LogP contribution in [0.5, 0.6) is 0 Å². The Morgan fingerprint density at radius 2 is 1.58 bits per heavy atom. The molecule has 0 radical (unpaired) electrons. The third-order valence-electron chi connectivity index (χ3n) is 4.60. The Hall–Kier alpha value is -3.71. The largest absolute Gasteiger partial charge is 0.466 e. The van der Waals surface area contributed by atoms with E-state index in [0.717, 1.165) is 20.3 Å². The Morgan fingerprint density at radius 3 is 2.06 bits per heavy atom. The van der Waals surface area contributed by atoms with Crippen LogP contribution < -0.4 is 15.8 Å². The number of esters is 3. The van der Waals surface area contributed by atoms with Crippen molar-refractivity contribution in [1.29, 1.82) is 0 Å². The van der Waals surface area contributed by atoms with Crippen molar-refractivity contribution in [2.75, 3.05) is 26.1 Å². The molecule has 1 aliphatic heterocycles. The summed E-state index contributed by atoms with van der Waals surface area (Å²) in [4.78, 5) is 49.5. The number of primary sulfonamides is 1. The summed E-state index contributed by atoms with van der Waals surface area (Å²) in [7, 11) is -1.77. The monoisotopic (exact) mass is 481 g/mol. The fourth-order valence-electron chi connectivity index (χ4n) is 3.16. The van der Waals surface area contributed by atoms with Crippen LogP contribution in [0.25, 0.3) is 0 Å². The van der Waals surface area contributed by atoms with Crippen LogP contribution in [0.1, 0.15) is 13.8 Å². The van der Waals surface area contributed by atoms with Gasteiger partial charge < -0.3 is 24.8 Å². The van der Waals surface area contributed by atoms with Gasteiger partial charge in [0.2, 0.25) is 10.0 Å². The minimum atomic E-state index is -3.99. The molecule has 1 heterocycles. The standard InChI is InChI=1S/C20H23N3O9S/c1-10-15(18(25)30-3)17(16(11(2)22-10)19(26)31-4)20(27)32-9-14(24)23-12-6-5-7-13(8-12)33(21,28)29/h5-8,17,22H,9H2,1-4H3,(H,23,24)(H2,21,28,29). The number of anilines is 1. The number of carbonyl (C=O) groups is 4. The van der Waals surface area contributed by atoms with Crippen LogP contribution in [0, 0.1) is 5.92 Å². The number of amides is 1. The second kappa shape index (κ2) is 10.3. The summed E-state index contributed by atoms with van der Waals surface area (Å²) in [6.45, 7) is 2.23. The van der Waals surface area contributed by atoms with E-state index in [1.54, 1.807) is 0 Å². The highest BCUT2D eigenvalue weighted by Gasteiger charge is 2.42.